The van der Waals surface area contributed by atoms with Crippen LogP contribution in [0.2, 0.25) is 0 Å². The second kappa shape index (κ2) is 3.59. The Morgan fingerprint density at radius 2 is 1.69 bits per heavy atom. The van der Waals surface area contributed by atoms with Gasteiger partial charge in [0.1, 0.15) is 0 Å². The van der Waals surface area contributed by atoms with Crippen molar-refractivity contribution in [1.29, 1.82) is 0 Å². The highest BCUT2D eigenvalue weighted by atomic mass is 31.2. The molecule has 13 heavy (non-hydrogen) atoms. The number of rotatable bonds is 3. The minimum Gasteiger partial charge on any atom is -0.324 e. The molecule has 0 amide bonds. The molecule has 0 aliphatic rings. The van der Waals surface area contributed by atoms with Crippen molar-refractivity contribution in [2.24, 2.45) is 0 Å². The molecular formula is C6H12F3O3P. The van der Waals surface area contributed by atoms with Gasteiger partial charge in [0.05, 0.1) is 11.6 Å². The van der Waals surface area contributed by atoms with Gasteiger partial charge in [-0.3, -0.25) is 4.57 Å². The molecule has 1 unspecified atom stereocenters. The van der Waals surface area contributed by atoms with E-state index in [9.17, 15) is 17.7 Å². The predicted molar refractivity (Wildman–Crippen MR) is 41.4 cm³/mol. The maximum atomic E-state index is 11.9. The van der Waals surface area contributed by atoms with Gasteiger partial charge in [-0.15, -0.1) is 0 Å². The molecular weight excluding hydrogens is 208 g/mol. The van der Waals surface area contributed by atoms with Crippen molar-refractivity contribution < 1.29 is 27.5 Å². The van der Waals surface area contributed by atoms with Crippen molar-refractivity contribution in [3.63, 3.8) is 0 Å². The van der Waals surface area contributed by atoms with E-state index >= 15 is 0 Å². The van der Waals surface area contributed by atoms with Gasteiger partial charge in [-0.1, -0.05) is 6.92 Å². The van der Waals surface area contributed by atoms with E-state index in [1.807, 2.05) is 0 Å². The first-order chi connectivity index (χ1) is 5.52. The molecule has 0 rings (SSSR count). The Bertz CT molecular complexity index is 222. The summed E-state index contributed by atoms with van der Waals surface area (Å²) >= 11 is 0. The maximum absolute atomic E-state index is 11.9. The molecule has 0 aliphatic heterocycles. The molecule has 0 saturated carbocycles. The third-order valence-electron chi connectivity index (χ3n) is 2.05. The standard InChI is InChI=1S/C6H12F3O3P/c1-3-5(2,13(10,11)12)4-6(7,8)9/h3-4H2,1-2H3,(H2,10,11,12). The Hall–Kier alpha value is -0.0600. The summed E-state index contributed by atoms with van der Waals surface area (Å²) in [5.74, 6) is 0. The van der Waals surface area contributed by atoms with Gasteiger partial charge in [-0.25, -0.2) is 0 Å². The Labute approximate surface area is 74.1 Å². The molecule has 2 N–H and O–H groups in total. The summed E-state index contributed by atoms with van der Waals surface area (Å²) in [5.41, 5.74) is 0. The van der Waals surface area contributed by atoms with E-state index in [0.29, 0.717) is 0 Å². The van der Waals surface area contributed by atoms with Gasteiger partial charge in [-0.05, 0) is 13.3 Å². The SMILES string of the molecule is CCC(C)(CC(F)(F)F)P(=O)(O)O. The van der Waals surface area contributed by atoms with Crippen LogP contribution in [0.3, 0.4) is 0 Å². The molecule has 7 heteroatoms. The molecule has 0 fully saturated rings. The van der Waals surface area contributed by atoms with Crippen LogP contribution in [0.5, 0.6) is 0 Å². The van der Waals surface area contributed by atoms with Crippen molar-refractivity contribution in [1.82, 2.24) is 0 Å². The number of hydrogen-bond acceptors (Lipinski definition) is 1. The van der Waals surface area contributed by atoms with Crippen LogP contribution >= 0.6 is 7.60 Å². The lowest BCUT2D eigenvalue weighted by Gasteiger charge is -2.29. The minimum atomic E-state index is -4.70. The summed E-state index contributed by atoms with van der Waals surface area (Å²) in [6, 6.07) is 0. The highest BCUT2D eigenvalue weighted by Crippen LogP contribution is 2.56. The normalized spacial score (nSPS) is 18.4. The molecule has 0 radical (unpaired) electrons. The first-order valence-electron chi connectivity index (χ1n) is 3.64. The van der Waals surface area contributed by atoms with Gasteiger partial charge >= 0.3 is 13.8 Å². The number of halogens is 3. The van der Waals surface area contributed by atoms with E-state index in [0.717, 1.165) is 6.92 Å². The van der Waals surface area contributed by atoms with Crippen LogP contribution in [0.1, 0.15) is 26.7 Å². The van der Waals surface area contributed by atoms with Crippen molar-refractivity contribution >= 4 is 7.60 Å². The van der Waals surface area contributed by atoms with Crippen LogP contribution in [0.4, 0.5) is 13.2 Å². The molecule has 0 aromatic carbocycles. The summed E-state index contributed by atoms with van der Waals surface area (Å²) < 4.78 is 46.5. The topological polar surface area (TPSA) is 57.5 Å². The van der Waals surface area contributed by atoms with E-state index in [-0.39, 0.29) is 6.42 Å². The van der Waals surface area contributed by atoms with Crippen molar-refractivity contribution in [3.05, 3.63) is 0 Å². The third kappa shape index (κ3) is 3.67. The zero-order valence-corrected chi connectivity index (χ0v) is 8.19. The lowest BCUT2D eigenvalue weighted by molar-refractivity contribution is -0.141. The fourth-order valence-corrected chi connectivity index (χ4v) is 1.66. The minimum absolute atomic E-state index is 0.212. The first-order valence-corrected chi connectivity index (χ1v) is 5.25. The molecule has 0 spiro atoms. The van der Waals surface area contributed by atoms with E-state index in [4.69, 9.17) is 9.79 Å². The lowest BCUT2D eigenvalue weighted by Crippen LogP contribution is -2.30. The molecule has 0 heterocycles. The zero-order valence-electron chi connectivity index (χ0n) is 7.30. The van der Waals surface area contributed by atoms with Gasteiger partial charge in [0, 0.05) is 0 Å². The maximum Gasteiger partial charge on any atom is 0.390 e. The van der Waals surface area contributed by atoms with Gasteiger partial charge < -0.3 is 9.79 Å². The number of alkyl halides is 3. The van der Waals surface area contributed by atoms with Gasteiger partial charge in [-0.2, -0.15) is 13.2 Å². The Morgan fingerprint density at radius 1 is 1.31 bits per heavy atom. The quantitative estimate of drug-likeness (QED) is 0.717. The van der Waals surface area contributed by atoms with E-state index in [2.05, 4.69) is 0 Å². The highest BCUT2D eigenvalue weighted by molar-refractivity contribution is 7.53. The average Bonchev–Trinajstić information content (AvgIpc) is 1.81. The largest absolute Gasteiger partial charge is 0.390 e. The Morgan fingerprint density at radius 3 is 1.77 bits per heavy atom. The fraction of sp³-hybridized carbons (Fsp3) is 1.00. The molecule has 0 bridgehead atoms. The monoisotopic (exact) mass is 220 g/mol. The molecule has 0 aromatic rings. The van der Waals surface area contributed by atoms with Crippen molar-refractivity contribution in [3.8, 4) is 0 Å². The third-order valence-corrected chi connectivity index (χ3v) is 3.93. The van der Waals surface area contributed by atoms with Crippen LogP contribution in [-0.2, 0) is 4.57 Å². The van der Waals surface area contributed by atoms with Gasteiger partial charge in [0.2, 0.25) is 0 Å². The summed E-state index contributed by atoms with van der Waals surface area (Å²) in [6.07, 6.45) is -6.22. The summed E-state index contributed by atoms with van der Waals surface area (Å²) in [7, 11) is -4.70. The van der Waals surface area contributed by atoms with Crippen LogP contribution in [0, 0.1) is 0 Å². The molecule has 0 aliphatic carbocycles. The molecule has 0 aromatic heterocycles. The van der Waals surface area contributed by atoms with Gasteiger partial charge in [0.15, 0.2) is 0 Å². The summed E-state index contributed by atoms with van der Waals surface area (Å²) in [5, 5.41) is -1.99. The van der Waals surface area contributed by atoms with E-state index in [1.54, 1.807) is 0 Å². The van der Waals surface area contributed by atoms with Crippen LogP contribution in [-0.4, -0.2) is 21.1 Å². The second-order valence-corrected chi connectivity index (χ2v) is 5.35. The molecule has 0 saturated heterocycles. The molecule has 80 valence electrons. The first kappa shape index (κ1) is 12.9. The predicted octanol–water partition coefficient (Wildman–Crippen LogP) is 2.29. The van der Waals surface area contributed by atoms with Crippen molar-refractivity contribution in [2.45, 2.75) is 38.0 Å². The zero-order chi connectivity index (χ0) is 10.9. The van der Waals surface area contributed by atoms with Crippen LogP contribution in [0.15, 0.2) is 0 Å². The Kier molecular flexibility index (Phi) is 3.58. The highest BCUT2D eigenvalue weighted by Gasteiger charge is 2.48. The van der Waals surface area contributed by atoms with E-state index in [1.165, 1.54) is 6.92 Å². The number of hydrogen-bond donors (Lipinski definition) is 2. The van der Waals surface area contributed by atoms with Gasteiger partial charge in [0.25, 0.3) is 0 Å². The van der Waals surface area contributed by atoms with Crippen LogP contribution < -0.4 is 0 Å². The average molecular weight is 220 g/mol. The molecule has 1 atom stereocenters. The smallest absolute Gasteiger partial charge is 0.324 e. The summed E-state index contributed by atoms with van der Waals surface area (Å²) in [6.45, 7) is 2.27. The lowest BCUT2D eigenvalue weighted by atomic mass is 10.0. The summed E-state index contributed by atoms with van der Waals surface area (Å²) in [4.78, 5) is 17.4. The second-order valence-electron chi connectivity index (χ2n) is 3.19. The van der Waals surface area contributed by atoms with E-state index < -0.39 is 25.3 Å². The Balaban J connectivity index is 4.78. The fourth-order valence-electron chi connectivity index (χ4n) is 0.866. The molecule has 3 nitrogen and oxygen atoms in total. The van der Waals surface area contributed by atoms with Crippen LogP contribution in [0.25, 0.3) is 0 Å². The van der Waals surface area contributed by atoms with Crippen molar-refractivity contribution in [2.75, 3.05) is 0 Å².